The highest BCUT2D eigenvalue weighted by Crippen LogP contribution is 2.45. The van der Waals surface area contributed by atoms with E-state index in [0.717, 1.165) is 6.20 Å². The number of hydrogen-bond acceptors (Lipinski definition) is 6. The fourth-order valence-electron chi connectivity index (χ4n) is 3.67. The number of carboxylic acid groups (broad SMARTS) is 1. The van der Waals surface area contributed by atoms with Crippen molar-refractivity contribution in [1.82, 2.24) is 4.57 Å². The van der Waals surface area contributed by atoms with Crippen LogP contribution in [0.4, 0.5) is 4.39 Å². The number of nitrogens with zero attached hydrogens (tertiary/aromatic N) is 1. The first kappa shape index (κ1) is 23.6. The summed E-state index contributed by atoms with van der Waals surface area (Å²) in [6, 6.07) is 8.54. The van der Waals surface area contributed by atoms with Gasteiger partial charge < -0.3 is 28.6 Å². The SMILES string of the molecule is COCCCOc1cc2c(cc1Cl)-c1cc(=O)c(C(=O)O)cn1C(c1ccc(OC)cc1F)O2. The Morgan fingerprint density at radius 2 is 2.00 bits per heavy atom. The number of aromatic nitrogens is 1. The predicted molar refractivity (Wildman–Crippen MR) is 122 cm³/mol. The third-order valence-electron chi connectivity index (χ3n) is 5.34. The largest absolute Gasteiger partial charge is 0.497 e. The van der Waals surface area contributed by atoms with Gasteiger partial charge in [-0.15, -0.1) is 0 Å². The van der Waals surface area contributed by atoms with Gasteiger partial charge in [0.2, 0.25) is 6.23 Å². The van der Waals surface area contributed by atoms with Gasteiger partial charge in [0.1, 0.15) is 28.6 Å². The molecular weight excluding hydrogens is 469 g/mol. The van der Waals surface area contributed by atoms with Crippen molar-refractivity contribution < 1.29 is 33.2 Å². The Morgan fingerprint density at radius 1 is 1.21 bits per heavy atom. The first-order valence-electron chi connectivity index (χ1n) is 10.3. The van der Waals surface area contributed by atoms with Crippen LogP contribution in [0.1, 0.15) is 28.6 Å². The molecular formula is C24H21ClFNO7. The molecule has 34 heavy (non-hydrogen) atoms. The highest BCUT2D eigenvalue weighted by atomic mass is 35.5. The molecule has 10 heteroatoms. The van der Waals surface area contributed by atoms with Gasteiger partial charge in [-0.2, -0.15) is 0 Å². The van der Waals surface area contributed by atoms with Crippen LogP contribution in [0.3, 0.4) is 0 Å². The summed E-state index contributed by atoms with van der Waals surface area (Å²) in [6.45, 7) is 0.862. The van der Waals surface area contributed by atoms with E-state index < -0.39 is 29.0 Å². The number of pyridine rings is 1. The smallest absolute Gasteiger partial charge is 0.341 e. The van der Waals surface area contributed by atoms with E-state index in [4.69, 9.17) is 30.5 Å². The highest BCUT2D eigenvalue weighted by molar-refractivity contribution is 6.32. The molecule has 4 rings (SSSR count). The summed E-state index contributed by atoms with van der Waals surface area (Å²) in [6.07, 6.45) is 0.677. The molecule has 1 aliphatic heterocycles. The third-order valence-corrected chi connectivity index (χ3v) is 5.63. The van der Waals surface area contributed by atoms with E-state index in [-0.39, 0.29) is 10.6 Å². The second-order valence-electron chi connectivity index (χ2n) is 7.48. The summed E-state index contributed by atoms with van der Waals surface area (Å²) in [7, 11) is 3.01. The molecule has 8 nitrogen and oxygen atoms in total. The fraction of sp³-hybridized carbons (Fsp3) is 0.250. The van der Waals surface area contributed by atoms with Crippen LogP contribution < -0.4 is 19.6 Å². The highest BCUT2D eigenvalue weighted by Gasteiger charge is 2.31. The summed E-state index contributed by atoms with van der Waals surface area (Å²) >= 11 is 6.41. The van der Waals surface area contributed by atoms with Crippen molar-refractivity contribution >= 4 is 17.6 Å². The van der Waals surface area contributed by atoms with Crippen LogP contribution in [-0.4, -0.2) is 43.1 Å². The lowest BCUT2D eigenvalue weighted by Gasteiger charge is -2.32. The molecule has 0 fully saturated rings. The molecule has 1 N–H and O–H groups in total. The molecule has 0 radical (unpaired) electrons. The molecule has 2 heterocycles. The molecule has 0 saturated carbocycles. The van der Waals surface area contributed by atoms with Crippen molar-refractivity contribution in [2.75, 3.05) is 27.4 Å². The van der Waals surface area contributed by atoms with Crippen LogP contribution in [-0.2, 0) is 4.74 Å². The molecule has 3 aromatic rings. The zero-order chi connectivity index (χ0) is 24.4. The minimum atomic E-state index is -1.40. The van der Waals surface area contributed by atoms with Crippen molar-refractivity contribution in [3.8, 4) is 28.5 Å². The van der Waals surface area contributed by atoms with E-state index in [2.05, 4.69) is 0 Å². The molecule has 0 spiro atoms. The lowest BCUT2D eigenvalue weighted by Crippen LogP contribution is -2.28. The molecule has 0 saturated heterocycles. The van der Waals surface area contributed by atoms with Crippen LogP contribution in [0.15, 0.2) is 47.4 Å². The number of rotatable bonds is 8. The number of carboxylic acids is 1. The number of benzene rings is 2. The molecule has 2 aromatic carbocycles. The van der Waals surface area contributed by atoms with E-state index in [1.807, 2.05) is 0 Å². The monoisotopic (exact) mass is 489 g/mol. The summed E-state index contributed by atoms with van der Waals surface area (Å²) < 4.78 is 38.3. The molecule has 178 valence electrons. The molecule has 1 aromatic heterocycles. The van der Waals surface area contributed by atoms with E-state index in [1.165, 1.54) is 29.9 Å². The van der Waals surface area contributed by atoms with E-state index in [1.54, 1.807) is 25.3 Å². The first-order chi connectivity index (χ1) is 16.3. The Morgan fingerprint density at radius 3 is 2.68 bits per heavy atom. The Kier molecular flexibility index (Phi) is 6.76. The molecule has 1 atom stereocenters. The van der Waals surface area contributed by atoms with Gasteiger partial charge in [-0.1, -0.05) is 11.6 Å². The van der Waals surface area contributed by atoms with Gasteiger partial charge in [0.25, 0.3) is 0 Å². The summed E-state index contributed by atoms with van der Waals surface area (Å²) in [5.74, 6) is -1.07. The van der Waals surface area contributed by atoms with Crippen LogP contribution in [0, 0.1) is 5.82 Å². The Labute approximate surface area is 199 Å². The maximum Gasteiger partial charge on any atom is 0.341 e. The minimum Gasteiger partial charge on any atom is -0.497 e. The number of halogens is 2. The molecule has 0 aliphatic carbocycles. The zero-order valence-corrected chi connectivity index (χ0v) is 19.1. The van der Waals surface area contributed by atoms with Crippen LogP contribution in [0.2, 0.25) is 5.02 Å². The Balaban J connectivity index is 1.86. The van der Waals surface area contributed by atoms with Gasteiger partial charge in [0.05, 0.1) is 24.4 Å². The fourth-order valence-corrected chi connectivity index (χ4v) is 3.89. The average molecular weight is 490 g/mol. The number of fused-ring (bicyclic) bond motifs is 3. The van der Waals surface area contributed by atoms with E-state index in [0.29, 0.717) is 48.1 Å². The molecule has 0 bridgehead atoms. The second-order valence-corrected chi connectivity index (χ2v) is 7.89. The maximum absolute atomic E-state index is 15.0. The lowest BCUT2D eigenvalue weighted by atomic mass is 10.0. The van der Waals surface area contributed by atoms with E-state index in [9.17, 15) is 14.7 Å². The Hall–Kier alpha value is -3.56. The second kappa shape index (κ2) is 9.74. The van der Waals surface area contributed by atoms with Crippen LogP contribution in [0.25, 0.3) is 11.3 Å². The van der Waals surface area contributed by atoms with Gasteiger partial charge in [-0.05, 0) is 18.2 Å². The van der Waals surface area contributed by atoms with E-state index >= 15 is 4.39 Å². The number of methoxy groups -OCH3 is 2. The summed E-state index contributed by atoms with van der Waals surface area (Å²) in [4.78, 5) is 24.1. The topological polar surface area (TPSA) is 96.2 Å². The quantitative estimate of drug-likeness (QED) is 0.469. The summed E-state index contributed by atoms with van der Waals surface area (Å²) in [5, 5.41) is 9.73. The third kappa shape index (κ3) is 4.44. The summed E-state index contributed by atoms with van der Waals surface area (Å²) in [5.41, 5.74) is -0.293. The molecule has 0 amide bonds. The Bertz CT molecular complexity index is 1310. The van der Waals surface area contributed by atoms with Gasteiger partial charge in [0.15, 0.2) is 5.43 Å². The average Bonchev–Trinajstić information content (AvgIpc) is 2.81. The predicted octanol–water partition coefficient (Wildman–Crippen LogP) is 4.37. The molecule has 1 aliphatic rings. The van der Waals surface area contributed by atoms with Gasteiger partial charge >= 0.3 is 5.97 Å². The molecule has 1 unspecified atom stereocenters. The van der Waals surface area contributed by atoms with Gasteiger partial charge in [0, 0.05) is 55.7 Å². The normalized spacial score (nSPS) is 14.1. The zero-order valence-electron chi connectivity index (χ0n) is 18.3. The number of ether oxygens (including phenoxy) is 4. The first-order valence-corrected chi connectivity index (χ1v) is 10.7. The van der Waals surface area contributed by atoms with Crippen molar-refractivity contribution in [2.24, 2.45) is 0 Å². The van der Waals surface area contributed by atoms with Crippen LogP contribution >= 0.6 is 11.6 Å². The van der Waals surface area contributed by atoms with Gasteiger partial charge in [-0.3, -0.25) is 4.79 Å². The van der Waals surface area contributed by atoms with Crippen molar-refractivity contribution in [3.05, 3.63) is 74.8 Å². The number of carbonyl (C=O) groups is 1. The van der Waals surface area contributed by atoms with Crippen molar-refractivity contribution in [3.63, 3.8) is 0 Å². The lowest BCUT2D eigenvalue weighted by molar-refractivity contribution is 0.0693. The minimum absolute atomic E-state index is 0.116. The standard InChI is InChI=1S/C24H21ClFNO7/c1-31-6-3-7-33-22-11-21-15(9-17(22)25)19-10-20(28)16(24(29)30)12-27(19)23(34-21)14-5-4-13(32-2)8-18(14)26/h4-5,8-12,23H,3,6-7H2,1-2H3,(H,29,30). The van der Waals surface area contributed by atoms with Crippen molar-refractivity contribution in [2.45, 2.75) is 12.6 Å². The number of aromatic carboxylic acids is 1. The van der Waals surface area contributed by atoms with Gasteiger partial charge in [-0.25, -0.2) is 9.18 Å². The van der Waals surface area contributed by atoms with Crippen molar-refractivity contribution in [1.29, 1.82) is 0 Å². The van der Waals surface area contributed by atoms with Crippen LogP contribution in [0.5, 0.6) is 17.2 Å². The maximum atomic E-state index is 15.0. The number of hydrogen-bond donors (Lipinski definition) is 1.